The first-order valence-electron chi connectivity index (χ1n) is 25.8. The van der Waals surface area contributed by atoms with Gasteiger partial charge in [0.1, 0.15) is 5.82 Å². The molecule has 3 amide bonds. The number of rotatable bonds is 41. The Balaban J connectivity index is 1.10. The predicted molar refractivity (Wildman–Crippen MR) is 294 cm³/mol. The average molecular weight is 1140 g/mol. The molecule has 0 unspecified atom stereocenters. The van der Waals surface area contributed by atoms with Crippen molar-refractivity contribution >= 4 is 70.0 Å². The molecule has 4 rings (SSSR count). The van der Waals surface area contributed by atoms with Crippen molar-refractivity contribution < 1.29 is 77.7 Å². The summed E-state index contributed by atoms with van der Waals surface area (Å²) in [5, 5.41) is 47.3. The second-order valence-electron chi connectivity index (χ2n) is 18.5. The first-order valence-corrected chi connectivity index (χ1v) is 25.8. The lowest BCUT2D eigenvalue weighted by Crippen LogP contribution is -2.47. The Kier molecular flexibility index (Phi) is 28.0. The highest BCUT2D eigenvalue weighted by molar-refractivity contribution is 5.95. The molecule has 444 valence electrons. The summed E-state index contributed by atoms with van der Waals surface area (Å²) >= 11 is 0. The fourth-order valence-electron chi connectivity index (χ4n) is 8.22. The molecular weight excluding hydrogens is 1060 g/mol. The van der Waals surface area contributed by atoms with Crippen LogP contribution in [0.2, 0.25) is 0 Å². The Morgan fingerprint density at radius 3 is 1.68 bits per heavy atom. The van der Waals surface area contributed by atoms with Crippen LogP contribution in [0.5, 0.6) is 17.2 Å². The molecule has 2 heterocycles. The van der Waals surface area contributed by atoms with Gasteiger partial charge in [0, 0.05) is 94.1 Å². The van der Waals surface area contributed by atoms with E-state index >= 15 is 0 Å². The number of nitrogens with zero attached hydrogens (tertiary/aromatic N) is 6. The van der Waals surface area contributed by atoms with Crippen LogP contribution in [0.25, 0.3) is 10.9 Å². The van der Waals surface area contributed by atoms with Crippen LogP contribution in [-0.4, -0.2) is 235 Å². The molecule has 0 saturated heterocycles. The van der Waals surface area contributed by atoms with Gasteiger partial charge in [-0.3, -0.25) is 58.0 Å². The highest BCUT2D eigenvalue weighted by atomic mass is 16.5. The van der Waals surface area contributed by atoms with E-state index in [-0.39, 0.29) is 122 Å². The zero-order valence-corrected chi connectivity index (χ0v) is 45.7. The molecule has 0 atom stereocenters. The van der Waals surface area contributed by atoms with Crippen LogP contribution in [0.15, 0.2) is 47.4 Å². The lowest BCUT2D eigenvalue weighted by atomic mass is 10.1. The molecule has 0 saturated carbocycles. The van der Waals surface area contributed by atoms with E-state index in [1.165, 1.54) is 39.9 Å². The molecule has 0 aliphatic carbocycles. The van der Waals surface area contributed by atoms with Crippen LogP contribution < -0.4 is 47.2 Å². The minimum absolute atomic E-state index is 0.00355. The van der Waals surface area contributed by atoms with E-state index in [2.05, 4.69) is 30.9 Å². The van der Waals surface area contributed by atoms with E-state index in [0.29, 0.717) is 59.9 Å². The summed E-state index contributed by atoms with van der Waals surface area (Å²) in [5.74, 6) is -4.41. The molecular formula is C52H74N12O17. The van der Waals surface area contributed by atoms with Crippen molar-refractivity contribution in [1.29, 1.82) is 0 Å². The predicted octanol–water partition coefficient (Wildman–Crippen LogP) is -0.601. The number of anilines is 3. The maximum atomic E-state index is 13.0. The van der Waals surface area contributed by atoms with E-state index in [9.17, 15) is 58.8 Å². The Labute approximate surface area is 466 Å². The summed E-state index contributed by atoms with van der Waals surface area (Å²) in [6.45, 7) is 0.246. The largest absolute Gasteiger partial charge is 0.493 e. The Hall–Kier alpha value is -8.22. The number of ether oxygens (including phenoxy) is 5. The van der Waals surface area contributed by atoms with Gasteiger partial charge in [-0.1, -0.05) is 6.07 Å². The third kappa shape index (κ3) is 25.2. The highest BCUT2D eigenvalue weighted by Crippen LogP contribution is 2.39. The standard InChI is InChI=1S/C52H74N12O17/c1-34-22-43(66)59-39-26-37(7-8-38(34)39)58-45(68)29-64(33-49(75)76)16-14-62(31-47(71)72)12-11-61(30-46(69)70)13-15-63(32-48(73)74)28-44(67)56-10-19-80-21-20-79-18-9-55-42(65)6-4-5-17-81-50-40(77-2)24-35(25-41(50)78-3)23-36-27-57-52(54)60-51(36)53/h7-8,22,24-27H,4-6,9-21,23,28-33H2,1-3H3,(H,55,65)(H,56,67)(H,58,68)(H,59,66)(H,69,70)(H,71,72)(H,73,74)(H,75,76)(H4,53,54,57,60). The number of nitrogens with one attached hydrogen (secondary N) is 4. The lowest BCUT2D eigenvalue weighted by Gasteiger charge is -2.29. The molecule has 29 nitrogen and oxygen atoms in total. The van der Waals surface area contributed by atoms with Crippen LogP contribution in [0.1, 0.15) is 36.0 Å². The van der Waals surface area contributed by atoms with E-state index in [4.69, 9.17) is 35.2 Å². The quantitative estimate of drug-likeness (QED) is 0.0248. The zero-order chi connectivity index (χ0) is 59.3. The van der Waals surface area contributed by atoms with Gasteiger partial charge in [0.05, 0.1) is 92.0 Å². The van der Waals surface area contributed by atoms with E-state index in [0.717, 1.165) is 16.5 Å². The monoisotopic (exact) mass is 1140 g/mol. The van der Waals surface area contributed by atoms with Gasteiger partial charge >= 0.3 is 23.9 Å². The van der Waals surface area contributed by atoms with Crippen LogP contribution in [0.4, 0.5) is 17.5 Å². The summed E-state index contributed by atoms with van der Waals surface area (Å²) in [7, 11) is 3.04. The molecule has 29 heteroatoms. The fraction of sp³-hybridized carbons (Fsp3) is 0.500. The molecule has 0 aliphatic heterocycles. The van der Waals surface area contributed by atoms with E-state index in [1.54, 1.807) is 31.3 Å². The smallest absolute Gasteiger partial charge is 0.317 e. The normalized spacial score (nSPS) is 11.3. The number of hydrogen-bond donors (Lipinski definition) is 10. The first-order chi connectivity index (χ1) is 38.7. The van der Waals surface area contributed by atoms with Crippen molar-refractivity contribution in [2.75, 3.05) is 156 Å². The Morgan fingerprint density at radius 2 is 1.15 bits per heavy atom. The molecule has 0 spiro atoms. The maximum absolute atomic E-state index is 13.0. The number of aryl methyl sites for hydroxylation is 1. The van der Waals surface area contributed by atoms with E-state index in [1.807, 2.05) is 12.1 Å². The number of fused-ring (bicyclic) bond motifs is 1. The second-order valence-corrected chi connectivity index (χ2v) is 18.5. The Bertz CT molecular complexity index is 2780. The van der Waals surface area contributed by atoms with Crippen molar-refractivity contribution in [2.24, 2.45) is 0 Å². The lowest BCUT2D eigenvalue weighted by molar-refractivity contribution is -0.141. The number of aromatic amines is 1. The van der Waals surface area contributed by atoms with Gasteiger partial charge in [0.2, 0.25) is 35.0 Å². The van der Waals surface area contributed by atoms with Crippen molar-refractivity contribution in [1.82, 2.24) is 45.2 Å². The number of carboxylic acids is 4. The average Bonchev–Trinajstić information content (AvgIpc) is 3.44. The number of pyridine rings is 1. The second kappa shape index (κ2) is 34.7. The maximum Gasteiger partial charge on any atom is 0.317 e. The number of H-pyrrole nitrogens is 1. The van der Waals surface area contributed by atoms with Gasteiger partial charge in [-0.25, -0.2) is 4.98 Å². The number of aromatic nitrogens is 3. The number of nitrogens with two attached hydrogens (primary N) is 2. The molecule has 2 aromatic carbocycles. The number of benzene rings is 2. The number of hydrogen-bond acceptors (Lipinski definition) is 21. The molecule has 0 fully saturated rings. The number of carbonyl (C=O) groups is 7. The van der Waals surface area contributed by atoms with Crippen molar-refractivity contribution in [3.8, 4) is 17.2 Å². The van der Waals surface area contributed by atoms with Crippen LogP contribution in [0, 0.1) is 6.92 Å². The summed E-state index contributed by atoms with van der Waals surface area (Å²) in [4.78, 5) is 114. The first kappa shape index (κ1) is 65.3. The molecule has 2 aromatic heterocycles. The summed E-state index contributed by atoms with van der Waals surface area (Å²) < 4.78 is 28.1. The topological polar surface area (TPSA) is 406 Å². The number of methoxy groups -OCH3 is 2. The summed E-state index contributed by atoms with van der Waals surface area (Å²) in [6, 6.07) is 9.99. The molecule has 0 radical (unpaired) electrons. The number of amides is 3. The van der Waals surface area contributed by atoms with Gasteiger partial charge in [-0.05, 0) is 55.2 Å². The third-order valence-corrected chi connectivity index (χ3v) is 12.1. The molecule has 12 N–H and O–H groups in total. The van der Waals surface area contributed by atoms with Crippen molar-refractivity contribution in [2.45, 2.75) is 32.6 Å². The van der Waals surface area contributed by atoms with Gasteiger partial charge in [-0.15, -0.1) is 0 Å². The summed E-state index contributed by atoms with van der Waals surface area (Å²) in [6.07, 6.45) is 3.39. The number of aliphatic carboxylic acids is 4. The van der Waals surface area contributed by atoms with Gasteiger partial charge in [0.15, 0.2) is 11.5 Å². The third-order valence-electron chi connectivity index (χ3n) is 12.1. The highest BCUT2D eigenvalue weighted by Gasteiger charge is 2.22. The number of carbonyl (C=O) groups excluding carboxylic acids is 3. The molecule has 0 aliphatic rings. The van der Waals surface area contributed by atoms with Crippen LogP contribution >= 0.6 is 0 Å². The molecule has 4 aromatic rings. The Morgan fingerprint density at radius 1 is 0.630 bits per heavy atom. The number of unbranched alkanes of at least 4 members (excludes halogenated alkanes) is 1. The number of carboxylic acid groups (broad SMARTS) is 4. The fourth-order valence-corrected chi connectivity index (χ4v) is 8.22. The van der Waals surface area contributed by atoms with Gasteiger partial charge in [-0.2, -0.15) is 4.98 Å². The van der Waals surface area contributed by atoms with Crippen molar-refractivity contribution in [3.05, 3.63) is 69.6 Å². The minimum Gasteiger partial charge on any atom is -0.493 e. The van der Waals surface area contributed by atoms with Crippen LogP contribution in [-0.2, 0) is 49.5 Å². The summed E-state index contributed by atoms with van der Waals surface area (Å²) in [5.41, 5.74) is 14.4. The molecule has 81 heavy (non-hydrogen) atoms. The SMILES string of the molecule is COc1cc(Cc2cnc(N)nc2N)cc(OC)c1OCCCCC(=O)NCCOCCOCCNC(=O)CN(CCN(CCN(CCN(CC(=O)O)CC(=O)Nc1ccc2c(C)cc(=O)[nH]c2c1)CC(=O)O)CC(=O)O)CC(=O)O. The number of nitrogen functional groups attached to an aromatic ring is 2. The van der Waals surface area contributed by atoms with E-state index < -0.39 is 61.9 Å². The van der Waals surface area contributed by atoms with Gasteiger partial charge < -0.3 is 76.5 Å². The van der Waals surface area contributed by atoms with Gasteiger partial charge in [0.25, 0.3) is 0 Å². The molecule has 0 bridgehead atoms. The minimum atomic E-state index is -1.24. The van der Waals surface area contributed by atoms with Crippen molar-refractivity contribution in [3.63, 3.8) is 0 Å². The van der Waals surface area contributed by atoms with Crippen LogP contribution in [0.3, 0.4) is 0 Å². The zero-order valence-electron chi connectivity index (χ0n) is 45.7.